The largest absolute Gasteiger partial charge is 0.504 e. The first-order valence-corrected chi connectivity index (χ1v) is 10.0. The van der Waals surface area contributed by atoms with Crippen molar-refractivity contribution in [2.24, 2.45) is 0 Å². The molecular formula is C23H26O7. The van der Waals surface area contributed by atoms with Crippen molar-refractivity contribution < 1.29 is 28.8 Å². The average Bonchev–Trinajstić information content (AvgIpc) is 2.72. The standard InChI is InChI=1S/C23H26O7/c1-5-14-17(27-6-2)12-18-19(22(14)28-7-3)20(26)23(29-8-4)21(30-18)13-9-10-15(24)16(25)11-13/h9-12,24-25H,5-8H2,1-4H3. The lowest BCUT2D eigenvalue weighted by molar-refractivity contribution is 0.316. The fourth-order valence-corrected chi connectivity index (χ4v) is 3.37. The molecule has 2 N–H and O–H groups in total. The van der Waals surface area contributed by atoms with Crippen molar-refractivity contribution in [3.05, 3.63) is 40.1 Å². The highest BCUT2D eigenvalue weighted by Crippen LogP contribution is 2.41. The molecule has 0 fully saturated rings. The first kappa shape index (κ1) is 21.4. The highest BCUT2D eigenvalue weighted by molar-refractivity contribution is 5.90. The van der Waals surface area contributed by atoms with Crippen molar-refractivity contribution in [1.29, 1.82) is 0 Å². The van der Waals surface area contributed by atoms with E-state index in [1.54, 1.807) is 13.0 Å². The number of benzene rings is 2. The van der Waals surface area contributed by atoms with E-state index >= 15 is 0 Å². The van der Waals surface area contributed by atoms with Crippen LogP contribution in [-0.4, -0.2) is 30.0 Å². The zero-order valence-electron chi connectivity index (χ0n) is 17.6. The van der Waals surface area contributed by atoms with Crippen LogP contribution in [-0.2, 0) is 6.42 Å². The van der Waals surface area contributed by atoms with Crippen LogP contribution >= 0.6 is 0 Å². The molecule has 0 unspecified atom stereocenters. The quantitative estimate of drug-likeness (QED) is 0.519. The molecule has 0 amide bonds. The maximum atomic E-state index is 13.5. The van der Waals surface area contributed by atoms with Gasteiger partial charge >= 0.3 is 0 Å². The van der Waals surface area contributed by atoms with E-state index in [1.165, 1.54) is 18.2 Å². The van der Waals surface area contributed by atoms with E-state index in [9.17, 15) is 15.0 Å². The monoisotopic (exact) mass is 414 g/mol. The van der Waals surface area contributed by atoms with E-state index < -0.39 is 0 Å². The average molecular weight is 414 g/mol. The second-order valence-corrected chi connectivity index (χ2v) is 6.50. The van der Waals surface area contributed by atoms with Crippen molar-refractivity contribution in [1.82, 2.24) is 0 Å². The number of phenols is 2. The fraction of sp³-hybridized carbons (Fsp3) is 0.348. The Hall–Kier alpha value is -3.35. The van der Waals surface area contributed by atoms with Crippen LogP contribution in [0.4, 0.5) is 0 Å². The van der Waals surface area contributed by atoms with Gasteiger partial charge in [0.25, 0.3) is 0 Å². The molecule has 160 valence electrons. The molecule has 0 aliphatic heterocycles. The van der Waals surface area contributed by atoms with Gasteiger partial charge in [0.15, 0.2) is 17.3 Å². The third kappa shape index (κ3) is 3.75. The van der Waals surface area contributed by atoms with Gasteiger partial charge in [0.1, 0.15) is 22.5 Å². The lowest BCUT2D eigenvalue weighted by Crippen LogP contribution is -2.13. The van der Waals surface area contributed by atoms with Gasteiger partial charge in [0, 0.05) is 17.2 Å². The minimum atomic E-state index is -0.373. The van der Waals surface area contributed by atoms with E-state index in [-0.39, 0.29) is 46.0 Å². The fourth-order valence-electron chi connectivity index (χ4n) is 3.37. The second-order valence-electron chi connectivity index (χ2n) is 6.50. The molecule has 0 saturated carbocycles. The molecule has 0 aliphatic carbocycles. The van der Waals surface area contributed by atoms with E-state index in [0.717, 1.165) is 5.56 Å². The summed E-state index contributed by atoms with van der Waals surface area (Å²) < 4.78 is 23.4. The lowest BCUT2D eigenvalue weighted by Gasteiger charge is -2.18. The molecule has 2 aromatic carbocycles. The topological polar surface area (TPSA) is 98.4 Å². The third-order valence-corrected chi connectivity index (χ3v) is 4.63. The van der Waals surface area contributed by atoms with Gasteiger partial charge in [0.05, 0.1) is 19.8 Å². The summed E-state index contributed by atoms with van der Waals surface area (Å²) in [5, 5.41) is 19.8. The van der Waals surface area contributed by atoms with Gasteiger partial charge in [-0.3, -0.25) is 4.79 Å². The summed E-state index contributed by atoms with van der Waals surface area (Å²) >= 11 is 0. The van der Waals surface area contributed by atoms with Crippen LogP contribution < -0.4 is 19.6 Å². The van der Waals surface area contributed by atoms with Gasteiger partial charge in [-0.15, -0.1) is 0 Å². The van der Waals surface area contributed by atoms with Crippen LogP contribution in [0, 0.1) is 0 Å². The Balaban J connectivity index is 2.43. The van der Waals surface area contributed by atoms with Crippen molar-refractivity contribution in [3.8, 4) is 40.1 Å². The molecular weight excluding hydrogens is 388 g/mol. The van der Waals surface area contributed by atoms with Gasteiger partial charge in [-0.05, 0) is 45.4 Å². The molecule has 7 heteroatoms. The van der Waals surface area contributed by atoms with Gasteiger partial charge in [-0.2, -0.15) is 0 Å². The van der Waals surface area contributed by atoms with E-state index in [4.69, 9.17) is 18.6 Å². The molecule has 3 rings (SSSR count). The highest BCUT2D eigenvalue weighted by Gasteiger charge is 2.24. The van der Waals surface area contributed by atoms with Gasteiger partial charge < -0.3 is 28.8 Å². The Morgan fingerprint density at radius 2 is 1.53 bits per heavy atom. The SMILES string of the molecule is CCOc1cc2oc(-c3ccc(O)c(O)c3)c(OCC)c(=O)c2c(OCC)c1CC. The first-order valence-electron chi connectivity index (χ1n) is 10.0. The van der Waals surface area contributed by atoms with Crippen molar-refractivity contribution in [2.75, 3.05) is 19.8 Å². The zero-order valence-corrected chi connectivity index (χ0v) is 17.6. The summed E-state index contributed by atoms with van der Waals surface area (Å²) in [6.07, 6.45) is 0.609. The maximum absolute atomic E-state index is 13.5. The molecule has 0 spiro atoms. The van der Waals surface area contributed by atoms with Gasteiger partial charge in [-0.1, -0.05) is 6.92 Å². The molecule has 0 radical (unpaired) electrons. The van der Waals surface area contributed by atoms with Crippen LogP contribution in [0.1, 0.15) is 33.3 Å². The minimum absolute atomic E-state index is 0.0160. The van der Waals surface area contributed by atoms with Crippen LogP contribution in [0.15, 0.2) is 33.5 Å². The van der Waals surface area contributed by atoms with Crippen LogP contribution in [0.5, 0.6) is 28.7 Å². The van der Waals surface area contributed by atoms with E-state index in [1.807, 2.05) is 20.8 Å². The number of fused-ring (bicyclic) bond motifs is 1. The minimum Gasteiger partial charge on any atom is -0.504 e. The number of hydrogen-bond acceptors (Lipinski definition) is 7. The Morgan fingerprint density at radius 1 is 0.867 bits per heavy atom. The Labute approximate surface area is 174 Å². The predicted molar refractivity (Wildman–Crippen MR) is 114 cm³/mol. The summed E-state index contributed by atoms with van der Waals surface area (Å²) in [5.74, 6) is 0.577. The molecule has 30 heavy (non-hydrogen) atoms. The number of ether oxygens (including phenoxy) is 3. The number of rotatable bonds is 8. The Kier molecular flexibility index (Phi) is 6.40. The van der Waals surface area contributed by atoms with Crippen molar-refractivity contribution in [2.45, 2.75) is 34.1 Å². The number of hydrogen-bond donors (Lipinski definition) is 2. The molecule has 0 aliphatic rings. The summed E-state index contributed by atoms with van der Waals surface area (Å²) in [5.41, 5.74) is 1.09. The highest BCUT2D eigenvalue weighted by atomic mass is 16.5. The molecule has 0 saturated heterocycles. The summed E-state index contributed by atoms with van der Waals surface area (Å²) in [4.78, 5) is 13.5. The van der Waals surface area contributed by atoms with Gasteiger partial charge in [-0.25, -0.2) is 0 Å². The van der Waals surface area contributed by atoms with Crippen molar-refractivity contribution in [3.63, 3.8) is 0 Å². The molecule has 1 aromatic heterocycles. The van der Waals surface area contributed by atoms with Crippen LogP contribution in [0.2, 0.25) is 0 Å². The van der Waals surface area contributed by atoms with Crippen LogP contribution in [0.3, 0.4) is 0 Å². The van der Waals surface area contributed by atoms with E-state index in [2.05, 4.69) is 0 Å². The molecule has 7 nitrogen and oxygen atoms in total. The molecule has 0 bridgehead atoms. The molecule has 0 atom stereocenters. The Morgan fingerprint density at radius 3 is 2.13 bits per heavy atom. The molecule has 3 aromatic rings. The lowest BCUT2D eigenvalue weighted by atomic mass is 10.0. The van der Waals surface area contributed by atoms with Crippen LogP contribution in [0.25, 0.3) is 22.3 Å². The summed E-state index contributed by atoms with van der Waals surface area (Å²) in [6, 6.07) is 5.85. The number of phenolic OH excluding ortho intramolecular Hbond substituents is 2. The summed E-state index contributed by atoms with van der Waals surface area (Å²) in [7, 11) is 0. The maximum Gasteiger partial charge on any atom is 0.239 e. The summed E-state index contributed by atoms with van der Waals surface area (Å²) in [6.45, 7) is 8.51. The predicted octanol–water partition coefficient (Wildman–Crippen LogP) is 4.63. The molecule has 1 heterocycles. The zero-order chi connectivity index (χ0) is 21.8. The number of aromatic hydroxyl groups is 2. The third-order valence-electron chi connectivity index (χ3n) is 4.63. The van der Waals surface area contributed by atoms with E-state index in [0.29, 0.717) is 36.7 Å². The Bertz CT molecular complexity index is 1110. The second kappa shape index (κ2) is 8.98. The van der Waals surface area contributed by atoms with Gasteiger partial charge in [0.2, 0.25) is 11.2 Å². The smallest absolute Gasteiger partial charge is 0.239 e. The normalized spacial score (nSPS) is 10.9. The first-order chi connectivity index (χ1) is 14.5. The van der Waals surface area contributed by atoms with Crippen molar-refractivity contribution >= 4 is 11.0 Å².